The highest BCUT2D eigenvalue weighted by Crippen LogP contribution is 2.32. The van der Waals surface area contributed by atoms with Crippen LogP contribution in [-0.4, -0.2) is 16.1 Å². The van der Waals surface area contributed by atoms with Crippen LogP contribution in [0, 0.1) is 17.5 Å². The molecule has 116 valence electrons. The molecule has 23 heavy (non-hydrogen) atoms. The number of benzene rings is 2. The van der Waals surface area contributed by atoms with Crippen LogP contribution in [0.5, 0.6) is 0 Å². The molecule has 0 saturated carbocycles. The largest absolute Gasteiger partial charge is 0.298 e. The quantitative estimate of drug-likeness (QED) is 0.663. The first-order chi connectivity index (χ1) is 11.0. The van der Waals surface area contributed by atoms with Crippen LogP contribution in [0.1, 0.15) is 10.4 Å². The van der Waals surface area contributed by atoms with Gasteiger partial charge in [0.1, 0.15) is 28.3 Å². The number of nitrogens with zero attached hydrogens (tertiary/aromatic N) is 2. The molecule has 0 amide bonds. The number of carbonyl (C=O) groups excluding carboxylic acids is 1. The number of aromatic nitrogens is 2. The van der Waals surface area contributed by atoms with Crippen molar-refractivity contribution in [2.75, 3.05) is 0 Å². The molecule has 0 aliphatic carbocycles. The van der Waals surface area contributed by atoms with Crippen LogP contribution in [0.4, 0.5) is 13.2 Å². The van der Waals surface area contributed by atoms with Crippen molar-refractivity contribution in [2.24, 2.45) is 0 Å². The number of carbonyl (C=O) groups is 1. The Morgan fingerprint density at radius 2 is 1.70 bits per heavy atom. The molecule has 3 nitrogen and oxygen atoms in total. The van der Waals surface area contributed by atoms with Crippen molar-refractivity contribution in [1.29, 1.82) is 0 Å². The van der Waals surface area contributed by atoms with Gasteiger partial charge in [0.15, 0.2) is 6.29 Å². The van der Waals surface area contributed by atoms with Crippen molar-refractivity contribution in [3.63, 3.8) is 0 Å². The summed E-state index contributed by atoms with van der Waals surface area (Å²) < 4.78 is 42.3. The molecule has 3 aromatic rings. The molecule has 0 aliphatic heterocycles. The van der Waals surface area contributed by atoms with Gasteiger partial charge in [-0.1, -0.05) is 23.7 Å². The summed E-state index contributed by atoms with van der Waals surface area (Å²) in [5.41, 5.74) is -0.669. The van der Waals surface area contributed by atoms with Gasteiger partial charge in [-0.25, -0.2) is 17.9 Å². The van der Waals surface area contributed by atoms with Crippen LogP contribution in [0.3, 0.4) is 0 Å². The van der Waals surface area contributed by atoms with E-state index in [1.54, 1.807) is 0 Å². The van der Waals surface area contributed by atoms with Gasteiger partial charge in [0.05, 0.1) is 16.8 Å². The predicted octanol–water partition coefficient (Wildman–Crippen LogP) is 4.42. The maximum absolute atomic E-state index is 14.0. The molecule has 0 unspecified atom stereocenters. The molecule has 0 aliphatic rings. The monoisotopic (exact) mass is 336 g/mol. The molecular formula is C16H8ClF3N2O. The lowest BCUT2D eigenvalue weighted by Crippen LogP contribution is -1.98. The van der Waals surface area contributed by atoms with Crippen LogP contribution < -0.4 is 0 Å². The van der Waals surface area contributed by atoms with Gasteiger partial charge in [0, 0.05) is 0 Å². The molecule has 0 atom stereocenters. The second-order valence-electron chi connectivity index (χ2n) is 4.66. The summed E-state index contributed by atoms with van der Waals surface area (Å²) in [7, 11) is 0. The van der Waals surface area contributed by atoms with Crippen LogP contribution in [0.2, 0.25) is 5.15 Å². The van der Waals surface area contributed by atoms with Gasteiger partial charge >= 0.3 is 0 Å². The maximum atomic E-state index is 14.0. The maximum Gasteiger partial charge on any atom is 0.155 e. The molecule has 0 radical (unpaired) electrons. The third-order valence-corrected chi connectivity index (χ3v) is 3.60. The van der Waals surface area contributed by atoms with E-state index in [9.17, 15) is 18.0 Å². The highest BCUT2D eigenvalue weighted by atomic mass is 35.5. The number of aldehydes is 1. The first kappa shape index (κ1) is 15.3. The first-order valence-electron chi connectivity index (χ1n) is 6.47. The Morgan fingerprint density at radius 3 is 2.30 bits per heavy atom. The predicted molar refractivity (Wildman–Crippen MR) is 79.3 cm³/mol. The van der Waals surface area contributed by atoms with E-state index in [-0.39, 0.29) is 22.1 Å². The van der Waals surface area contributed by atoms with E-state index in [4.69, 9.17) is 11.6 Å². The summed E-state index contributed by atoms with van der Waals surface area (Å²) in [4.78, 5) is 11.3. The van der Waals surface area contributed by atoms with Crippen LogP contribution in [0.25, 0.3) is 16.9 Å². The van der Waals surface area contributed by atoms with E-state index in [0.717, 1.165) is 22.9 Å². The van der Waals surface area contributed by atoms with Crippen LogP contribution in [-0.2, 0) is 0 Å². The van der Waals surface area contributed by atoms with Crippen molar-refractivity contribution in [3.05, 3.63) is 70.6 Å². The van der Waals surface area contributed by atoms with E-state index >= 15 is 0 Å². The van der Waals surface area contributed by atoms with E-state index in [2.05, 4.69) is 5.10 Å². The van der Waals surface area contributed by atoms with Crippen molar-refractivity contribution < 1.29 is 18.0 Å². The Kier molecular flexibility index (Phi) is 3.92. The van der Waals surface area contributed by atoms with Gasteiger partial charge in [-0.3, -0.25) is 4.79 Å². The van der Waals surface area contributed by atoms with E-state index in [0.29, 0.717) is 6.29 Å². The Labute approximate surface area is 133 Å². The smallest absolute Gasteiger partial charge is 0.155 e. The molecule has 2 aromatic carbocycles. The van der Waals surface area contributed by atoms with Gasteiger partial charge in [-0.2, -0.15) is 5.10 Å². The minimum atomic E-state index is -0.881. The second-order valence-corrected chi connectivity index (χ2v) is 5.02. The molecule has 7 heteroatoms. The van der Waals surface area contributed by atoms with Crippen molar-refractivity contribution in [2.45, 2.75) is 0 Å². The van der Waals surface area contributed by atoms with Gasteiger partial charge in [-0.05, 0) is 30.3 Å². The van der Waals surface area contributed by atoms with Crippen LogP contribution in [0.15, 0.2) is 42.5 Å². The molecule has 0 spiro atoms. The SMILES string of the molecule is O=Cc1c(-c2c(F)cccc2F)nn(-c2cccc(F)c2)c1Cl. The van der Waals surface area contributed by atoms with Gasteiger partial charge in [0.25, 0.3) is 0 Å². The first-order valence-corrected chi connectivity index (χ1v) is 6.84. The zero-order chi connectivity index (χ0) is 16.6. The number of rotatable bonds is 3. The van der Waals surface area contributed by atoms with Crippen molar-refractivity contribution in [1.82, 2.24) is 9.78 Å². The van der Waals surface area contributed by atoms with Gasteiger partial charge in [-0.15, -0.1) is 0 Å². The minimum Gasteiger partial charge on any atom is -0.298 e. The van der Waals surface area contributed by atoms with Crippen molar-refractivity contribution in [3.8, 4) is 16.9 Å². The number of hydrogen-bond donors (Lipinski definition) is 0. The average molecular weight is 337 g/mol. The molecule has 0 fully saturated rings. The summed E-state index contributed by atoms with van der Waals surface area (Å²) in [6.07, 6.45) is 0.354. The Morgan fingerprint density at radius 1 is 1.04 bits per heavy atom. The fourth-order valence-corrected chi connectivity index (χ4v) is 2.47. The standard InChI is InChI=1S/C16H8ClF3N2O/c17-16-11(8-23)15(14-12(19)5-2-6-13(14)20)21-22(16)10-4-1-3-9(18)7-10/h1-8H. The summed E-state index contributed by atoms with van der Waals surface area (Å²) in [6.45, 7) is 0. The highest BCUT2D eigenvalue weighted by Gasteiger charge is 2.23. The Hall–Kier alpha value is -2.60. The molecular weight excluding hydrogens is 329 g/mol. The zero-order valence-corrected chi connectivity index (χ0v) is 12.2. The average Bonchev–Trinajstić information content (AvgIpc) is 2.83. The van der Waals surface area contributed by atoms with Crippen LogP contribution >= 0.6 is 11.6 Å². The number of hydrogen-bond acceptors (Lipinski definition) is 2. The lowest BCUT2D eigenvalue weighted by Gasteiger charge is -2.03. The molecule has 3 rings (SSSR count). The number of halogens is 4. The highest BCUT2D eigenvalue weighted by molar-refractivity contribution is 6.32. The Bertz CT molecular complexity index is 888. The topological polar surface area (TPSA) is 34.9 Å². The fourth-order valence-electron chi connectivity index (χ4n) is 2.20. The van der Waals surface area contributed by atoms with E-state index in [1.807, 2.05) is 0 Å². The Balaban J connectivity index is 2.28. The second kappa shape index (κ2) is 5.89. The minimum absolute atomic E-state index is 0.164. The molecule has 1 heterocycles. The molecule has 0 saturated heterocycles. The lowest BCUT2D eigenvalue weighted by atomic mass is 10.1. The normalized spacial score (nSPS) is 10.8. The van der Waals surface area contributed by atoms with Gasteiger partial charge in [0.2, 0.25) is 0 Å². The summed E-state index contributed by atoms with van der Waals surface area (Å²) >= 11 is 6.07. The van der Waals surface area contributed by atoms with Crippen molar-refractivity contribution >= 4 is 17.9 Å². The summed E-state index contributed by atoms with van der Waals surface area (Å²) in [5, 5.41) is 3.83. The lowest BCUT2D eigenvalue weighted by molar-refractivity contribution is 0.112. The third kappa shape index (κ3) is 2.61. The third-order valence-electron chi connectivity index (χ3n) is 3.23. The fraction of sp³-hybridized carbons (Fsp3) is 0. The van der Waals surface area contributed by atoms with Gasteiger partial charge < -0.3 is 0 Å². The molecule has 0 bridgehead atoms. The zero-order valence-electron chi connectivity index (χ0n) is 11.4. The molecule has 1 aromatic heterocycles. The summed E-state index contributed by atoms with van der Waals surface area (Å²) in [5.74, 6) is -2.30. The summed E-state index contributed by atoms with van der Waals surface area (Å²) in [6, 6.07) is 8.56. The van der Waals surface area contributed by atoms with E-state index in [1.165, 1.54) is 24.3 Å². The van der Waals surface area contributed by atoms with E-state index < -0.39 is 23.0 Å². The molecule has 0 N–H and O–H groups in total.